The molecule has 2 unspecified atom stereocenters. The van der Waals surface area contributed by atoms with E-state index in [9.17, 15) is 9.69 Å². The molecule has 6 nitrogen and oxygen atoms in total. The van der Waals surface area contributed by atoms with E-state index in [0.29, 0.717) is 19.6 Å². The van der Waals surface area contributed by atoms with Crippen LogP contribution in [0.1, 0.15) is 117 Å². The minimum atomic E-state index is -1.89. The quantitative estimate of drug-likeness (QED) is 0.0934. The average molecular weight is 506 g/mol. The van der Waals surface area contributed by atoms with Crippen molar-refractivity contribution in [1.82, 2.24) is 4.90 Å². The van der Waals surface area contributed by atoms with Gasteiger partial charge >= 0.3 is 8.60 Å². The maximum absolute atomic E-state index is 11.6. The number of ether oxygens (including phenoxy) is 1. The zero-order valence-corrected chi connectivity index (χ0v) is 23.8. The first-order valence-electron chi connectivity index (χ1n) is 13.9. The van der Waals surface area contributed by atoms with Gasteiger partial charge in [-0.05, 0) is 46.8 Å². The van der Waals surface area contributed by atoms with Crippen LogP contribution in [0.2, 0.25) is 0 Å². The lowest BCUT2D eigenvalue weighted by atomic mass is 10.0. The van der Waals surface area contributed by atoms with Crippen LogP contribution in [0.5, 0.6) is 0 Å². The number of rotatable bonds is 27. The largest absolute Gasteiger partial charge is 0.381 e. The van der Waals surface area contributed by atoms with Gasteiger partial charge in [0.2, 0.25) is 0 Å². The topological polar surface area (TPSA) is 68.2 Å². The van der Waals surface area contributed by atoms with Crippen molar-refractivity contribution in [2.75, 3.05) is 47.1 Å². The van der Waals surface area contributed by atoms with Crippen molar-refractivity contribution < 1.29 is 23.5 Å². The van der Waals surface area contributed by atoms with Crippen LogP contribution >= 0.6 is 8.60 Å². The summed E-state index contributed by atoms with van der Waals surface area (Å²) in [5, 5.41) is 0. The predicted octanol–water partition coefficient (Wildman–Crippen LogP) is 7.28. The SMILES string of the molecule is CCCCCCCCCCCCCCCOCC(COP(O)OCCCCN(C)C)CC(C)=O. The monoisotopic (exact) mass is 505 g/mol. The fourth-order valence-electron chi connectivity index (χ4n) is 3.92. The van der Waals surface area contributed by atoms with Crippen molar-refractivity contribution in [2.45, 2.75) is 117 Å². The van der Waals surface area contributed by atoms with Crippen molar-refractivity contribution in [1.29, 1.82) is 0 Å². The Hall–Kier alpha value is -0.100. The van der Waals surface area contributed by atoms with E-state index in [4.69, 9.17) is 13.8 Å². The molecule has 0 spiro atoms. The Bertz CT molecular complexity index is 439. The molecule has 0 aliphatic heterocycles. The minimum absolute atomic E-state index is 0.0334. The molecule has 7 heteroatoms. The fraction of sp³-hybridized carbons (Fsp3) is 0.963. The summed E-state index contributed by atoms with van der Waals surface area (Å²) in [5.74, 6) is 0.0824. The van der Waals surface area contributed by atoms with Crippen molar-refractivity contribution in [3.8, 4) is 0 Å². The van der Waals surface area contributed by atoms with E-state index in [-0.39, 0.29) is 18.3 Å². The maximum Gasteiger partial charge on any atom is 0.329 e. The Morgan fingerprint density at radius 1 is 0.765 bits per heavy atom. The molecule has 0 aromatic carbocycles. The lowest BCUT2D eigenvalue weighted by Crippen LogP contribution is -2.19. The molecule has 0 aromatic heterocycles. The highest BCUT2D eigenvalue weighted by molar-refractivity contribution is 7.40. The Morgan fingerprint density at radius 3 is 1.82 bits per heavy atom. The van der Waals surface area contributed by atoms with Gasteiger partial charge < -0.3 is 28.4 Å². The molecule has 0 rings (SSSR count). The molecule has 2 atom stereocenters. The van der Waals surface area contributed by atoms with Crippen molar-refractivity contribution in [2.24, 2.45) is 5.92 Å². The van der Waals surface area contributed by atoms with E-state index in [1.165, 1.54) is 77.0 Å². The second-order valence-corrected chi connectivity index (χ2v) is 11.0. The predicted molar refractivity (Wildman–Crippen MR) is 144 cm³/mol. The number of nitrogens with zero attached hydrogens (tertiary/aromatic N) is 1. The van der Waals surface area contributed by atoms with E-state index in [1.807, 2.05) is 14.1 Å². The van der Waals surface area contributed by atoms with Gasteiger partial charge in [-0.2, -0.15) is 0 Å². The van der Waals surface area contributed by atoms with Crippen LogP contribution in [-0.4, -0.2) is 62.6 Å². The summed E-state index contributed by atoms with van der Waals surface area (Å²) in [6, 6.07) is 0. The number of hydrogen-bond donors (Lipinski definition) is 1. The highest BCUT2D eigenvalue weighted by atomic mass is 31.2. The molecule has 0 aliphatic rings. The molecule has 0 fully saturated rings. The van der Waals surface area contributed by atoms with Crippen LogP contribution < -0.4 is 0 Å². The van der Waals surface area contributed by atoms with Crippen LogP contribution in [0, 0.1) is 5.92 Å². The molecule has 0 bridgehead atoms. The molecule has 34 heavy (non-hydrogen) atoms. The van der Waals surface area contributed by atoms with Gasteiger partial charge in [-0.1, -0.05) is 84.0 Å². The smallest absolute Gasteiger partial charge is 0.329 e. The van der Waals surface area contributed by atoms with E-state index in [1.54, 1.807) is 6.92 Å². The van der Waals surface area contributed by atoms with Gasteiger partial charge in [0.05, 0.1) is 19.8 Å². The average Bonchev–Trinajstić information content (AvgIpc) is 2.79. The first kappa shape index (κ1) is 33.9. The lowest BCUT2D eigenvalue weighted by Gasteiger charge is -2.18. The molecular formula is C27H56NO5P. The van der Waals surface area contributed by atoms with Gasteiger partial charge in [-0.25, -0.2) is 0 Å². The molecule has 1 N–H and O–H groups in total. The Balaban J connectivity index is 3.64. The second kappa shape index (κ2) is 26.0. The van der Waals surface area contributed by atoms with Crippen molar-refractivity contribution in [3.05, 3.63) is 0 Å². The molecule has 0 radical (unpaired) electrons. The van der Waals surface area contributed by atoms with E-state index < -0.39 is 8.60 Å². The van der Waals surface area contributed by atoms with Crippen molar-refractivity contribution >= 4 is 14.4 Å². The summed E-state index contributed by atoms with van der Waals surface area (Å²) in [4.78, 5) is 23.6. The third kappa shape index (κ3) is 26.5. The van der Waals surface area contributed by atoms with E-state index in [0.717, 1.165) is 32.4 Å². The van der Waals surface area contributed by atoms with E-state index in [2.05, 4.69) is 11.8 Å². The summed E-state index contributed by atoms with van der Waals surface area (Å²) in [6.45, 7) is 6.85. The standard InChI is InChI=1S/C27H56NO5P/c1-5-6-7-8-9-10-11-12-13-14-15-16-18-21-31-24-27(23-26(2)29)25-33-34(30)32-22-19-17-20-28(3)4/h27,30H,5-25H2,1-4H3. The van der Waals surface area contributed by atoms with Gasteiger partial charge in [0.1, 0.15) is 5.78 Å². The van der Waals surface area contributed by atoms with E-state index >= 15 is 0 Å². The summed E-state index contributed by atoms with van der Waals surface area (Å²) in [7, 11) is 2.19. The Kier molecular flexibility index (Phi) is 25.9. The second-order valence-electron chi connectivity index (χ2n) is 9.97. The third-order valence-corrected chi connectivity index (χ3v) is 6.72. The van der Waals surface area contributed by atoms with Crippen LogP contribution in [0.15, 0.2) is 0 Å². The van der Waals surface area contributed by atoms with Crippen molar-refractivity contribution in [3.63, 3.8) is 0 Å². The number of unbranched alkanes of at least 4 members (excludes halogenated alkanes) is 13. The van der Waals surface area contributed by atoms with Gasteiger partial charge in [0.25, 0.3) is 0 Å². The highest BCUT2D eigenvalue weighted by Gasteiger charge is 2.16. The molecule has 0 aromatic rings. The normalized spacial score (nSPS) is 13.5. The van der Waals surface area contributed by atoms with Crippen LogP contribution in [0.4, 0.5) is 0 Å². The fourth-order valence-corrected chi connectivity index (χ4v) is 4.62. The van der Waals surface area contributed by atoms with Crippen LogP contribution in [0.3, 0.4) is 0 Å². The third-order valence-electron chi connectivity index (χ3n) is 5.94. The molecule has 0 heterocycles. The zero-order valence-electron chi connectivity index (χ0n) is 22.9. The maximum atomic E-state index is 11.6. The first-order chi connectivity index (χ1) is 16.5. The van der Waals surface area contributed by atoms with Crippen LogP contribution in [0.25, 0.3) is 0 Å². The number of ketones is 1. The zero-order chi connectivity index (χ0) is 25.3. The molecule has 0 saturated carbocycles. The number of Topliss-reactive ketones (excluding diaryl/α,β-unsaturated/α-hetero) is 1. The lowest BCUT2D eigenvalue weighted by molar-refractivity contribution is -0.118. The Morgan fingerprint density at radius 2 is 1.29 bits per heavy atom. The number of hydrogen-bond acceptors (Lipinski definition) is 6. The molecule has 0 aliphatic carbocycles. The summed E-state index contributed by atoms with van der Waals surface area (Å²) in [5.41, 5.74) is 0. The molecule has 0 amide bonds. The minimum Gasteiger partial charge on any atom is -0.381 e. The summed E-state index contributed by atoms with van der Waals surface area (Å²) < 4.78 is 16.6. The van der Waals surface area contributed by atoms with Gasteiger partial charge in [0.15, 0.2) is 0 Å². The Labute approximate surface area is 212 Å². The molecule has 204 valence electrons. The van der Waals surface area contributed by atoms with Gasteiger partial charge in [0, 0.05) is 18.9 Å². The highest BCUT2D eigenvalue weighted by Crippen LogP contribution is 2.34. The first-order valence-corrected chi connectivity index (χ1v) is 15.1. The molecule has 0 saturated heterocycles. The van der Waals surface area contributed by atoms with Gasteiger partial charge in [-0.3, -0.25) is 0 Å². The van der Waals surface area contributed by atoms with Crippen LogP contribution in [-0.2, 0) is 18.6 Å². The number of carbonyl (C=O) groups excluding carboxylic acids is 1. The van der Waals surface area contributed by atoms with Gasteiger partial charge in [-0.15, -0.1) is 0 Å². The summed E-state index contributed by atoms with van der Waals surface area (Å²) >= 11 is 0. The summed E-state index contributed by atoms with van der Waals surface area (Å²) in [6.07, 6.45) is 19.7. The number of carbonyl (C=O) groups is 1. The molecular weight excluding hydrogens is 449 g/mol.